The monoisotopic (exact) mass is 240 g/mol. The first kappa shape index (κ1) is 12.3. The van der Waals surface area contributed by atoms with E-state index in [1.807, 2.05) is 11.8 Å². The number of nitrogens with zero attached hydrogens (tertiary/aromatic N) is 1. The van der Waals surface area contributed by atoms with Crippen LogP contribution in [0.2, 0.25) is 0 Å². The standard InChI is InChI=1S/C13H24N2S/c1-3-12-9-15-13(16-12)14-8-11-7-5-4-6-10(11)2/h10-12H,3-9H2,1-2H3,(H,14,15). The van der Waals surface area contributed by atoms with E-state index in [-0.39, 0.29) is 0 Å². The van der Waals surface area contributed by atoms with E-state index in [4.69, 9.17) is 0 Å². The number of amidine groups is 1. The van der Waals surface area contributed by atoms with Crippen molar-refractivity contribution in [3.63, 3.8) is 0 Å². The van der Waals surface area contributed by atoms with E-state index in [0.717, 1.165) is 30.2 Å². The largest absolute Gasteiger partial charge is 0.365 e. The van der Waals surface area contributed by atoms with Gasteiger partial charge >= 0.3 is 0 Å². The molecule has 1 aliphatic carbocycles. The van der Waals surface area contributed by atoms with E-state index in [1.54, 1.807) is 0 Å². The Bertz CT molecular complexity index is 252. The Morgan fingerprint density at radius 1 is 1.38 bits per heavy atom. The molecule has 0 saturated heterocycles. The number of hydrogen-bond donors (Lipinski definition) is 1. The molecule has 1 fully saturated rings. The lowest BCUT2D eigenvalue weighted by Crippen LogP contribution is -2.31. The van der Waals surface area contributed by atoms with Crippen LogP contribution in [0.1, 0.15) is 46.0 Å². The van der Waals surface area contributed by atoms with Gasteiger partial charge < -0.3 is 5.32 Å². The van der Waals surface area contributed by atoms with Crippen molar-refractivity contribution in [3.05, 3.63) is 0 Å². The molecular formula is C13H24N2S. The van der Waals surface area contributed by atoms with Crippen LogP contribution < -0.4 is 5.32 Å². The molecule has 0 amide bonds. The first-order chi connectivity index (χ1) is 7.79. The Morgan fingerprint density at radius 3 is 2.88 bits per heavy atom. The first-order valence-corrected chi connectivity index (χ1v) is 7.62. The van der Waals surface area contributed by atoms with Crippen LogP contribution >= 0.6 is 11.8 Å². The van der Waals surface area contributed by atoms with Gasteiger partial charge in [0, 0.05) is 11.8 Å². The third-order valence-electron chi connectivity index (χ3n) is 3.98. The Morgan fingerprint density at radius 2 is 2.19 bits per heavy atom. The maximum atomic E-state index is 4.57. The maximum Gasteiger partial charge on any atom is 0.156 e. The highest BCUT2D eigenvalue weighted by molar-refractivity contribution is 8.14. The molecule has 1 aliphatic heterocycles. The number of thioether (sulfide) groups is 1. The van der Waals surface area contributed by atoms with E-state index in [2.05, 4.69) is 24.2 Å². The van der Waals surface area contributed by atoms with Crippen molar-refractivity contribution in [1.29, 1.82) is 0 Å². The van der Waals surface area contributed by atoms with Crippen molar-refractivity contribution in [1.82, 2.24) is 5.32 Å². The first-order valence-electron chi connectivity index (χ1n) is 6.74. The molecule has 0 aromatic carbocycles. The maximum absolute atomic E-state index is 4.57. The topological polar surface area (TPSA) is 24.4 Å². The number of aliphatic imine (C=N–C) groups is 1. The average Bonchev–Trinajstić information content (AvgIpc) is 2.76. The van der Waals surface area contributed by atoms with Crippen LogP contribution in [0.3, 0.4) is 0 Å². The normalized spacial score (nSPS) is 34.9. The molecule has 2 aliphatic rings. The van der Waals surface area contributed by atoms with Crippen LogP contribution in [0.4, 0.5) is 0 Å². The Labute approximate surface area is 104 Å². The predicted molar refractivity (Wildman–Crippen MR) is 73.1 cm³/mol. The fourth-order valence-electron chi connectivity index (χ4n) is 2.64. The van der Waals surface area contributed by atoms with Gasteiger partial charge in [-0.05, 0) is 24.7 Å². The summed E-state index contributed by atoms with van der Waals surface area (Å²) in [5.74, 6) is 1.77. The summed E-state index contributed by atoms with van der Waals surface area (Å²) in [5, 5.41) is 5.49. The predicted octanol–water partition coefficient (Wildman–Crippen LogP) is 3.28. The zero-order valence-corrected chi connectivity index (χ0v) is 11.4. The van der Waals surface area contributed by atoms with Gasteiger partial charge in [-0.1, -0.05) is 44.9 Å². The van der Waals surface area contributed by atoms with Crippen LogP contribution in [-0.4, -0.2) is 23.5 Å². The van der Waals surface area contributed by atoms with Crippen molar-refractivity contribution in [2.45, 2.75) is 51.2 Å². The summed E-state index contributed by atoms with van der Waals surface area (Å²) in [6, 6.07) is 0. The molecule has 0 aromatic rings. The van der Waals surface area contributed by atoms with Crippen LogP contribution in [0.15, 0.2) is 4.99 Å². The van der Waals surface area contributed by atoms with Gasteiger partial charge in [0.05, 0.1) is 6.54 Å². The summed E-state index contributed by atoms with van der Waals surface area (Å²) in [6.07, 6.45) is 6.92. The smallest absolute Gasteiger partial charge is 0.156 e. The van der Waals surface area contributed by atoms with Crippen molar-refractivity contribution in [2.24, 2.45) is 16.8 Å². The molecule has 1 N–H and O–H groups in total. The van der Waals surface area contributed by atoms with Gasteiger partial charge in [-0.2, -0.15) is 0 Å². The van der Waals surface area contributed by atoms with Crippen molar-refractivity contribution in [2.75, 3.05) is 13.1 Å². The second-order valence-corrected chi connectivity index (χ2v) is 6.49. The number of rotatable bonds is 3. The fraction of sp³-hybridized carbons (Fsp3) is 0.923. The van der Waals surface area contributed by atoms with E-state index < -0.39 is 0 Å². The molecule has 2 nitrogen and oxygen atoms in total. The Balaban J connectivity index is 1.71. The number of hydrogen-bond acceptors (Lipinski definition) is 3. The fourth-order valence-corrected chi connectivity index (χ4v) is 3.59. The Kier molecular flexibility index (Phi) is 4.56. The molecule has 2 rings (SSSR count). The molecule has 3 atom stereocenters. The highest BCUT2D eigenvalue weighted by Crippen LogP contribution is 2.29. The van der Waals surface area contributed by atoms with Crippen molar-refractivity contribution >= 4 is 16.9 Å². The average molecular weight is 240 g/mol. The molecule has 0 spiro atoms. The van der Waals surface area contributed by atoms with Gasteiger partial charge in [0.15, 0.2) is 5.17 Å². The summed E-state index contributed by atoms with van der Waals surface area (Å²) in [7, 11) is 0. The molecule has 3 unspecified atom stereocenters. The summed E-state index contributed by atoms with van der Waals surface area (Å²) < 4.78 is 0. The van der Waals surface area contributed by atoms with Crippen molar-refractivity contribution < 1.29 is 0 Å². The van der Waals surface area contributed by atoms with Gasteiger partial charge in [0.2, 0.25) is 0 Å². The number of nitrogens with one attached hydrogen (secondary N) is 1. The molecule has 16 heavy (non-hydrogen) atoms. The van der Waals surface area contributed by atoms with Gasteiger partial charge in [0.1, 0.15) is 0 Å². The third kappa shape index (κ3) is 3.16. The zero-order chi connectivity index (χ0) is 11.4. The van der Waals surface area contributed by atoms with Crippen LogP contribution in [0.25, 0.3) is 0 Å². The summed E-state index contributed by atoms with van der Waals surface area (Å²) in [6.45, 7) is 6.82. The van der Waals surface area contributed by atoms with E-state index in [1.165, 1.54) is 37.3 Å². The molecule has 0 radical (unpaired) electrons. The molecule has 1 saturated carbocycles. The van der Waals surface area contributed by atoms with E-state index in [0.29, 0.717) is 0 Å². The lowest BCUT2D eigenvalue weighted by atomic mass is 9.80. The lowest BCUT2D eigenvalue weighted by Gasteiger charge is -2.29. The molecule has 1 heterocycles. The minimum Gasteiger partial charge on any atom is -0.365 e. The van der Waals surface area contributed by atoms with Gasteiger partial charge in [-0.15, -0.1) is 0 Å². The summed E-state index contributed by atoms with van der Waals surface area (Å²) in [5.41, 5.74) is 0. The SMILES string of the molecule is CCC1CN=C(NCC2CCCCC2C)S1. The minimum atomic E-state index is 0.728. The minimum absolute atomic E-state index is 0.728. The van der Waals surface area contributed by atoms with E-state index in [9.17, 15) is 0 Å². The molecular weight excluding hydrogens is 216 g/mol. The second-order valence-electron chi connectivity index (χ2n) is 5.20. The summed E-state index contributed by atoms with van der Waals surface area (Å²) >= 11 is 1.94. The van der Waals surface area contributed by atoms with Crippen LogP contribution in [0, 0.1) is 11.8 Å². The molecule has 0 bridgehead atoms. The third-order valence-corrected chi connectivity index (χ3v) is 5.29. The lowest BCUT2D eigenvalue weighted by molar-refractivity contribution is 0.257. The Hall–Kier alpha value is -0.180. The second kappa shape index (κ2) is 5.95. The van der Waals surface area contributed by atoms with Gasteiger partial charge in [-0.3, -0.25) is 4.99 Å². The highest BCUT2D eigenvalue weighted by atomic mass is 32.2. The summed E-state index contributed by atoms with van der Waals surface area (Å²) in [4.78, 5) is 4.57. The van der Waals surface area contributed by atoms with Crippen molar-refractivity contribution in [3.8, 4) is 0 Å². The molecule has 3 heteroatoms. The van der Waals surface area contributed by atoms with E-state index >= 15 is 0 Å². The zero-order valence-electron chi connectivity index (χ0n) is 10.5. The highest BCUT2D eigenvalue weighted by Gasteiger charge is 2.23. The van der Waals surface area contributed by atoms with Crippen LogP contribution in [-0.2, 0) is 0 Å². The molecule has 92 valence electrons. The quantitative estimate of drug-likeness (QED) is 0.818. The van der Waals surface area contributed by atoms with Gasteiger partial charge in [0.25, 0.3) is 0 Å². The molecule has 0 aromatic heterocycles. The van der Waals surface area contributed by atoms with Gasteiger partial charge in [-0.25, -0.2) is 0 Å². The van der Waals surface area contributed by atoms with Crippen LogP contribution in [0.5, 0.6) is 0 Å².